The summed E-state index contributed by atoms with van der Waals surface area (Å²) in [4.78, 5) is 4.22. The van der Waals surface area contributed by atoms with Crippen LogP contribution in [0.2, 0.25) is 0 Å². The van der Waals surface area contributed by atoms with Gasteiger partial charge in [0.15, 0.2) is 5.65 Å². The Morgan fingerprint density at radius 3 is 3.21 bits per heavy atom. The number of nitrogens with one attached hydrogen (secondary N) is 1. The van der Waals surface area contributed by atoms with Gasteiger partial charge in [-0.3, -0.25) is 0 Å². The quantitative estimate of drug-likeness (QED) is 0.940. The molecule has 0 bridgehead atoms. The number of ether oxygens (including phenoxy) is 1. The molecule has 3 rings (SSSR count). The highest BCUT2D eigenvalue weighted by Crippen LogP contribution is 2.20. The van der Waals surface area contributed by atoms with E-state index in [0.717, 1.165) is 23.3 Å². The van der Waals surface area contributed by atoms with Crippen LogP contribution in [-0.2, 0) is 0 Å². The molecule has 2 unspecified atom stereocenters. The first-order chi connectivity index (χ1) is 9.24. The third-order valence-electron chi connectivity index (χ3n) is 3.60. The summed E-state index contributed by atoms with van der Waals surface area (Å²) in [6.45, 7) is 4.26. The topological polar surface area (TPSA) is 51.5 Å². The van der Waals surface area contributed by atoms with Gasteiger partial charge in [0.1, 0.15) is 10.7 Å². The highest BCUT2D eigenvalue weighted by atomic mass is 79.9. The van der Waals surface area contributed by atoms with Gasteiger partial charge < -0.3 is 10.1 Å². The van der Waals surface area contributed by atoms with Gasteiger partial charge in [0, 0.05) is 18.5 Å². The van der Waals surface area contributed by atoms with Gasteiger partial charge in [0.25, 0.3) is 0 Å². The van der Waals surface area contributed by atoms with Crippen molar-refractivity contribution in [2.24, 2.45) is 5.92 Å². The van der Waals surface area contributed by atoms with Gasteiger partial charge in [-0.25, -0.2) is 9.50 Å². The van der Waals surface area contributed by atoms with Crippen LogP contribution in [-0.4, -0.2) is 33.8 Å². The van der Waals surface area contributed by atoms with Crippen LogP contribution < -0.4 is 10.1 Å². The van der Waals surface area contributed by atoms with Crippen LogP contribution in [0, 0.1) is 5.92 Å². The first-order valence-electron chi connectivity index (χ1n) is 6.62. The van der Waals surface area contributed by atoms with Gasteiger partial charge in [0.2, 0.25) is 5.88 Å². The number of nitrogens with zero attached hydrogens (tertiary/aromatic N) is 3. The van der Waals surface area contributed by atoms with Gasteiger partial charge in [-0.2, -0.15) is 0 Å². The predicted octanol–water partition coefficient (Wildman–Crippen LogP) is 2.26. The molecule has 0 aromatic carbocycles. The fourth-order valence-electron chi connectivity index (χ4n) is 2.46. The zero-order chi connectivity index (χ0) is 13.2. The molecule has 0 saturated carbocycles. The number of halogens is 1. The number of piperidine rings is 1. The molecule has 0 radical (unpaired) electrons. The Kier molecular flexibility index (Phi) is 3.70. The smallest absolute Gasteiger partial charge is 0.232 e. The molecule has 102 valence electrons. The molecular weight excluding hydrogens is 308 g/mol. The maximum Gasteiger partial charge on any atom is 0.232 e. The number of rotatable bonds is 3. The van der Waals surface area contributed by atoms with Crippen LogP contribution in [0.25, 0.3) is 5.65 Å². The van der Waals surface area contributed by atoms with E-state index < -0.39 is 0 Å². The van der Waals surface area contributed by atoms with E-state index in [9.17, 15) is 0 Å². The number of fused-ring (bicyclic) bond motifs is 1. The summed E-state index contributed by atoms with van der Waals surface area (Å²) in [6, 6.07) is 3.79. The molecule has 5 nitrogen and oxygen atoms in total. The maximum absolute atomic E-state index is 5.97. The lowest BCUT2D eigenvalue weighted by Crippen LogP contribution is -2.38. The minimum absolute atomic E-state index is 0.167. The second kappa shape index (κ2) is 5.46. The summed E-state index contributed by atoms with van der Waals surface area (Å²) >= 11 is 3.42. The SMILES string of the molecule is CC(Oc1ccc2ncc(Br)n2n1)C1CCCNC1. The zero-order valence-corrected chi connectivity index (χ0v) is 12.4. The molecule has 3 heterocycles. The molecular formula is C13H17BrN4O. The molecule has 1 aliphatic rings. The van der Waals surface area contributed by atoms with Crippen molar-refractivity contribution < 1.29 is 4.74 Å². The monoisotopic (exact) mass is 324 g/mol. The average molecular weight is 325 g/mol. The number of hydrogen-bond donors (Lipinski definition) is 1. The Morgan fingerprint density at radius 1 is 1.53 bits per heavy atom. The zero-order valence-electron chi connectivity index (χ0n) is 10.8. The van der Waals surface area contributed by atoms with Crippen molar-refractivity contribution in [3.05, 3.63) is 22.9 Å². The number of imidazole rings is 1. The molecule has 1 aliphatic heterocycles. The molecule has 6 heteroatoms. The van der Waals surface area contributed by atoms with Crippen molar-refractivity contribution in [2.75, 3.05) is 13.1 Å². The Labute approximate surface area is 120 Å². The molecule has 19 heavy (non-hydrogen) atoms. The fourth-order valence-corrected chi connectivity index (χ4v) is 2.82. The lowest BCUT2D eigenvalue weighted by molar-refractivity contribution is 0.124. The third kappa shape index (κ3) is 2.74. The van der Waals surface area contributed by atoms with Crippen molar-refractivity contribution >= 4 is 21.6 Å². The van der Waals surface area contributed by atoms with E-state index >= 15 is 0 Å². The fraction of sp³-hybridized carbons (Fsp3) is 0.538. The van der Waals surface area contributed by atoms with Gasteiger partial charge in [-0.05, 0) is 48.3 Å². The minimum Gasteiger partial charge on any atom is -0.473 e. The molecule has 1 fully saturated rings. The van der Waals surface area contributed by atoms with Gasteiger partial charge in [-0.15, -0.1) is 5.10 Å². The Morgan fingerprint density at radius 2 is 2.42 bits per heavy atom. The third-order valence-corrected chi connectivity index (χ3v) is 4.14. The van der Waals surface area contributed by atoms with Crippen molar-refractivity contribution in [1.29, 1.82) is 0 Å². The molecule has 1 saturated heterocycles. The molecule has 2 atom stereocenters. The van der Waals surface area contributed by atoms with E-state index in [1.807, 2.05) is 12.1 Å². The summed E-state index contributed by atoms with van der Waals surface area (Å²) in [5.41, 5.74) is 0.811. The van der Waals surface area contributed by atoms with Gasteiger partial charge in [-0.1, -0.05) is 0 Å². The highest BCUT2D eigenvalue weighted by molar-refractivity contribution is 9.10. The minimum atomic E-state index is 0.167. The van der Waals surface area contributed by atoms with Crippen molar-refractivity contribution in [1.82, 2.24) is 19.9 Å². The Bertz CT molecular complexity index is 565. The lowest BCUT2D eigenvalue weighted by atomic mass is 9.95. The van der Waals surface area contributed by atoms with Crippen LogP contribution >= 0.6 is 15.9 Å². The molecule has 0 amide bonds. The summed E-state index contributed by atoms with van der Waals surface area (Å²) < 4.78 is 8.54. The van der Waals surface area contributed by atoms with Gasteiger partial charge >= 0.3 is 0 Å². The summed E-state index contributed by atoms with van der Waals surface area (Å²) in [5, 5.41) is 7.85. The van der Waals surface area contributed by atoms with Gasteiger partial charge in [0.05, 0.1) is 6.20 Å². The molecule has 0 spiro atoms. The van der Waals surface area contributed by atoms with Crippen molar-refractivity contribution in [2.45, 2.75) is 25.9 Å². The maximum atomic E-state index is 5.97. The van der Waals surface area contributed by atoms with E-state index in [0.29, 0.717) is 11.8 Å². The molecule has 1 N–H and O–H groups in total. The molecule has 0 aliphatic carbocycles. The second-order valence-corrected chi connectivity index (χ2v) is 5.76. The highest BCUT2D eigenvalue weighted by Gasteiger charge is 2.21. The summed E-state index contributed by atoms with van der Waals surface area (Å²) in [5.74, 6) is 1.20. The number of aromatic nitrogens is 3. The molecule has 2 aromatic rings. The Balaban J connectivity index is 1.74. The van der Waals surface area contributed by atoms with Crippen molar-refractivity contribution in [3.63, 3.8) is 0 Å². The average Bonchev–Trinajstić information content (AvgIpc) is 2.81. The summed E-state index contributed by atoms with van der Waals surface area (Å²) in [6.07, 6.45) is 4.34. The van der Waals surface area contributed by atoms with Crippen LogP contribution in [0.1, 0.15) is 19.8 Å². The van der Waals surface area contributed by atoms with E-state index in [-0.39, 0.29) is 6.10 Å². The van der Waals surface area contributed by atoms with Crippen LogP contribution in [0.4, 0.5) is 0 Å². The largest absolute Gasteiger partial charge is 0.473 e. The molecule has 2 aromatic heterocycles. The number of hydrogen-bond acceptors (Lipinski definition) is 4. The normalized spacial score (nSPS) is 21.5. The standard InChI is InChI=1S/C13H17BrN4O/c1-9(10-3-2-6-15-7-10)19-13-5-4-12-16-8-11(14)18(12)17-13/h4-5,8-10,15H,2-3,6-7H2,1H3. The Hall–Kier alpha value is -1.14. The first kappa shape index (κ1) is 12.9. The van der Waals surface area contributed by atoms with Crippen LogP contribution in [0.5, 0.6) is 5.88 Å². The van der Waals surface area contributed by atoms with E-state index in [2.05, 4.69) is 38.3 Å². The summed E-state index contributed by atoms with van der Waals surface area (Å²) in [7, 11) is 0. The second-order valence-electron chi connectivity index (χ2n) is 4.95. The van der Waals surface area contributed by atoms with Crippen LogP contribution in [0.15, 0.2) is 22.9 Å². The van der Waals surface area contributed by atoms with E-state index in [1.54, 1.807) is 10.7 Å². The first-order valence-corrected chi connectivity index (χ1v) is 7.41. The predicted molar refractivity (Wildman–Crippen MR) is 76.4 cm³/mol. The van der Waals surface area contributed by atoms with Crippen molar-refractivity contribution in [3.8, 4) is 5.88 Å². The van der Waals surface area contributed by atoms with E-state index in [1.165, 1.54) is 12.8 Å². The van der Waals surface area contributed by atoms with E-state index in [4.69, 9.17) is 4.74 Å². The van der Waals surface area contributed by atoms with Crippen LogP contribution in [0.3, 0.4) is 0 Å². The lowest BCUT2D eigenvalue weighted by Gasteiger charge is -2.28.